The topological polar surface area (TPSA) is 15.3 Å². The summed E-state index contributed by atoms with van der Waals surface area (Å²) in [6.07, 6.45) is 3.30. The monoisotopic (exact) mass is 286 g/mol. The molecule has 18 heavy (non-hydrogen) atoms. The van der Waals surface area contributed by atoms with Gasteiger partial charge in [-0.25, -0.2) is 0 Å². The third kappa shape index (κ3) is 4.39. The summed E-state index contributed by atoms with van der Waals surface area (Å²) in [6.45, 7) is 11.8. The number of hydrogen-bond donors (Lipinski definition) is 1. The van der Waals surface area contributed by atoms with Crippen LogP contribution >= 0.6 is 23.7 Å². The average molecular weight is 287 g/mol. The van der Waals surface area contributed by atoms with E-state index in [1.54, 1.807) is 0 Å². The van der Waals surface area contributed by atoms with Gasteiger partial charge >= 0.3 is 0 Å². The molecule has 0 spiro atoms. The summed E-state index contributed by atoms with van der Waals surface area (Å²) in [4.78, 5) is 3.95. The van der Waals surface area contributed by atoms with E-state index in [4.69, 9.17) is 0 Å². The van der Waals surface area contributed by atoms with Gasteiger partial charge in [0, 0.05) is 31.1 Å². The Labute approximate surface area is 120 Å². The van der Waals surface area contributed by atoms with Crippen LogP contribution in [-0.2, 0) is 6.54 Å². The summed E-state index contributed by atoms with van der Waals surface area (Å²) in [5.74, 6) is 0. The van der Waals surface area contributed by atoms with Crippen LogP contribution in [0.3, 0.4) is 0 Å². The fourth-order valence-corrected chi connectivity index (χ4v) is 3.28. The van der Waals surface area contributed by atoms with Gasteiger partial charge in [-0.1, -0.05) is 19.1 Å². The van der Waals surface area contributed by atoms with E-state index in [1.165, 1.54) is 11.3 Å². The molecule has 1 aromatic heterocycles. The predicted octanol–water partition coefficient (Wildman–Crippen LogP) is 3.16. The highest BCUT2D eigenvalue weighted by atomic mass is 35.5. The molecule has 1 aliphatic rings. The maximum Gasteiger partial charge on any atom is 0.0331 e. The smallest absolute Gasteiger partial charge is 0.0331 e. The first-order valence-electron chi connectivity index (χ1n) is 6.28. The van der Waals surface area contributed by atoms with E-state index in [0.717, 1.165) is 32.7 Å². The van der Waals surface area contributed by atoms with Crippen molar-refractivity contribution < 1.29 is 0 Å². The van der Waals surface area contributed by atoms with E-state index in [2.05, 4.69) is 41.2 Å². The minimum Gasteiger partial charge on any atom is -0.316 e. The summed E-state index contributed by atoms with van der Waals surface area (Å²) in [7, 11) is 0. The van der Waals surface area contributed by atoms with Gasteiger partial charge in [-0.15, -0.1) is 30.3 Å². The molecule has 0 amide bonds. The van der Waals surface area contributed by atoms with E-state index < -0.39 is 0 Å². The standard InChI is InChI=1S/C14H22N2S.ClH/c1-3-8-16(10-13-5-4-9-17-13)12-14(2)6-7-15-11-14;/h3-5,9,15H,1,6-8,10-12H2,2H3;1H. The van der Waals surface area contributed by atoms with Crippen LogP contribution in [0.15, 0.2) is 30.2 Å². The van der Waals surface area contributed by atoms with Crippen molar-refractivity contribution in [2.24, 2.45) is 5.41 Å². The quantitative estimate of drug-likeness (QED) is 0.808. The molecule has 2 heterocycles. The SMILES string of the molecule is C=CCN(Cc1cccs1)CC1(C)CCNC1.Cl. The molecule has 1 saturated heterocycles. The maximum atomic E-state index is 3.87. The van der Waals surface area contributed by atoms with Gasteiger partial charge in [0.2, 0.25) is 0 Å². The van der Waals surface area contributed by atoms with Gasteiger partial charge in [-0.05, 0) is 29.8 Å². The van der Waals surface area contributed by atoms with Crippen molar-refractivity contribution in [3.8, 4) is 0 Å². The molecule has 1 aromatic rings. The molecule has 1 N–H and O–H groups in total. The van der Waals surface area contributed by atoms with Crippen LogP contribution in [0.4, 0.5) is 0 Å². The molecular formula is C14H23ClN2S. The summed E-state index contributed by atoms with van der Waals surface area (Å²) in [5.41, 5.74) is 0.431. The largest absolute Gasteiger partial charge is 0.316 e. The Morgan fingerprint density at radius 2 is 2.44 bits per heavy atom. The molecule has 1 aliphatic heterocycles. The summed E-state index contributed by atoms with van der Waals surface area (Å²) in [5, 5.41) is 5.62. The number of thiophene rings is 1. The zero-order valence-electron chi connectivity index (χ0n) is 11.0. The lowest BCUT2D eigenvalue weighted by Gasteiger charge is -2.31. The molecule has 0 aliphatic carbocycles. The minimum absolute atomic E-state index is 0. The van der Waals surface area contributed by atoms with E-state index in [0.29, 0.717) is 5.41 Å². The van der Waals surface area contributed by atoms with Gasteiger partial charge in [0.15, 0.2) is 0 Å². The molecule has 0 radical (unpaired) electrons. The maximum absolute atomic E-state index is 3.87. The van der Waals surface area contributed by atoms with E-state index in [-0.39, 0.29) is 12.4 Å². The second-order valence-electron chi connectivity index (χ2n) is 5.28. The van der Waals surface area contributed by atoms with E-state index in [9.17, 15) is 0 Å². The Balaban J connectivity index is 0.00000162. The van der Waals surface area contributed by atoms with Gasteiger partial charge in [0.25, 0.3) is 0 Å². The second-order valence-corrected chi connectivity index (χ2v) is 6.31. The average Bonchev–Trinajstić information content (AvgIpc) is 2.90. The lowest BCUT2D eigenvalue weighted by molar-refractivity contribution is 0.187. The van der Waals surface area contributed by atoms with Crippen LogP contribution in [-0.4, -0.2) is 31.1 Å². The van der Waals surface area contributed by atoms with Crippen molar-refractivity contribution in [2.75, 3.05) is 26.2 Å². The Kier molecular flexibility index (Phi) is 6.36. The van der Waals surface area contributed by atoms with E-state index in [1.807, 2.05) is 17.4 Å². The number of rotatable bonds is 6. The predicted molar refractivity (Wildman–Crippen MR) is 82.6 cm³/mol. The van der Waals surface area contributed by atoms with Crippen molar-refractivity contribution in [1.82, 2.24) is 10.2 Å². The van der Waals surface area contributed by atoms with Crippen LogP contribution in [0.5, 0.6) is 0 Å². The molecule has 1 fully saturated rings. The van der Waals surface area contributed by atoms with Gasteiger partial charge in [-0.2, -0.15) is 0 Å². The van der Waals surface area contributed by atoms with Crippen molar-refractivity contribution >= 4 is 23.7 Å². The highest BCUT2D eigenvalue weighted by molar-refractivity contribution is 7.09. The lowest BCUT2D eigenvalue weighted by Crippen LogP contribution is -2.37. The molecule has 0 saturated carbocycles. The second kappa shape index (κ2) is 7.29. The first kappa shape index (κ1) is 15.7. The first-order chi connectivity index (χ1) is 8.22. The molecule has 1 unspecified atom stereocenters. The zero-order chi connectivity index (χ0) is 12.1. The molecule has 2 nitrogen and oxygen atoms in total. The van der Waals surface area contributed by atoms with Crippen LogP contribution in [0.2, 0.25) is 0 Å². The molecule has 0 aromatic carbocycles. The van der Waals surface area contributed by atoms with Crippen molar-refractivity contribution in [2.45, 2.75) is 19.9 Å². The van der Waals surface area contributed by atoms with Gasteiger partial charge < -0.3 is 5.32 Å². The summed E-state index contributed by atoms with van der Waals surface area (Å²) in [6, 6.07) is 4.35. The highest BCUT2D eigenvalue weighted by Gasteiger charge is 2.30. The number of nitrogens with zero attached hydrogens (tertiary/aromatic N) is 1. The Hall–Kier alpha value is -0.350. The Morgan fingerprint density at radius 1 is 1.61 bits per heavy atom. The van der Waals surface area contributed by atoms with Gasteiger partial charge in [0.1, 0.15) is 0 Å². The lowest BCUT2D eigenvalue weighted by atomic mass is 9.89. The summed E-state index contributed by atoms with van der Waals surface area (Å²) >= 11 is 1.84. The number of halogens is 1. The van der Waals surface area contributed by atoms with Crippen LogP contribution in [0, 0.1) is 5.41 Å². The van der Waals surface area contributed by atoms with Gasteiger partial charge in [0.05, 0.1) is 0 Å². The Bertz CT molecular complexity index is 345. The molecule has 4 heteroatoms. The third-order valence-electron chi connectivity index (χ3n) is 3.41. The molecule has 2 rings (SSSR count). The van der Waals surface area contributed by atoms with Crippen molar-refractivity contribution in [3.63, 3.8) is 0 Å². The first-order valence-corrected chi connectivity index (χ1v) is 7.16. The molecule has 102 valence electrons. The van der Waals surface area contributed by atoms with Crippen LogP contribution < -0.4 is 5.32 Å². The van der Waals surface area contributed by atoms with Crippen molar-refractivity contribution in [1.29, 1.82) is 0 Å². The van der Waals surface area contributed by atoms with Crippen molar-refractivity contribution in [3.05, 3.63) is 35.0 Å². The molecule has 0 bridgehead atoms. The van der Waals surface area contributed by atoms with Crippen LogP contribution in [0.1, 0.15) is 18.2 Å². The third-order valence-corrected chi connectivity index (χ3v) is 4.27. The fourth-order valence-electron chi connectivity index (χ4n) is 2.53. The van der Waals surface area contributed by atoms with Crippen LogP contribution in [0.25, 0.3) is 0 Å². The van der Waals surface area contributed by atoms with E-state index >= 15 is 0 Å². The molecule has 1 atom stereocenters. The minimum atomic E-state index is 0. The normalized spacial score (nSPS) is 23.0. The number of hydrogen-bond acceptors (Lipinski definition) is 3. The fraction of sp³-hybridized carbons (Fsp3) is 0.571. The van der Waals surface area contributed by atoms with Gasteiger partial charge in [-0.3, -0.25) is 4.90 Å². The highest BCUT2D eigenvalue weighted by Crippen LogP contribution is 2.26. The Morgan fingerprint density at radius 3 is 3.00 bits per heavy atom. The molecular weight excluding hydrogens is 264 g/mol. The number of nitrogens with one attached hydrogen (secondary N) is 1. The summed E-state index contributed by atoms with van der Waals surface area (Å²) < 4.78 is 0. The zero-order valence-corrected chi connectivity index (χ0v) is 12.7.